The molecule has 2 unspecified atom stereocenters. The van der Waals surface area contributed by atoms with Crippen LogP contribution in [-0.2, 0) is 17.5 Å². The van der Waals surface area contributed by atoms with Crippen molar-refractivity contribution < 1.29 is 32.9 Å². The lowest BCUT2D eigenvalue weighted by Gasteiger charge is -2.20. The maximum atomic E-state index is 12.9. The highest BCUT2D eigenvalue weighted by Crippen LogP contribution is 2.33. The molecule has 0 saturated heterocycles. The van der Waals surface area contributed by atoms with Crippen LogP contribution in [0.15, 0.2) is 53.0 Å². The molecule has 0 aromatic heterocycles. The quantitative estimate of drug-likeness (QED) is 0.629. The van der Waals surface area contributed by atoms with Gasteiger partial charge in [-0.15, -0.1) is 0 Å². The van der Waals surface area contributed by atoms with Gasteiger partial charge in [0.1, 0.15) is 18.8 Å². The van der Waals surface area contributed by atoms with Crippen molar-refractivity contribution in [3.8, 4) is 0 Å². The van der Waals surface area contributed by atoms with Crippen LogP contribution in [0.1, 0.15) is 22.8 Å². The van der Waals surface area contributed by atoms with Crippen LogP contribution in [0.25, 0.3) is 0 Å². The molecule has 1 amide bonds. The molecule has 3 N–H and O–H groups in total. The lowest BCUT2D eigenvalue weighted by atomic mass is 10.0. The van der Waals surface area contributed by atoms with Crippen molar-refractivity contribution in [3.05, 3.63) is 69.7 Å². The summed E-state index contributed by atoms with van der Waals surface area (Å²) in [5.74, 6) is 0. The lowest BCUT2D eigenvalue weighted by Crippen LogP contribution is -2.35. The lowest BCUT2D eigenvalue weighted by molar-refractivity contribution is -0.137. The van der Waals surface area contributed by atoms with Crippen LogP contribution in [-0.4, -0.2) is 29.0 Å². The second-order valence-electron chi connectivity index (χ2n) is 5.73. The molecule has 2 atom stereocenters. The van der Waals surface area contributed by atoms with E-state index in [-0.39, 0.29) is 16.6 Å². The van der Waals surface area contributed by atoms with E-state index < -0.39 is 36.6 Å². The highest BCUT2D eigenvalue weighted by Gasteiger charge is 2.32. The van der Waals surface area contributed by atoms with Crippen LogP contribution in [0.5, 0.6) is 0 Å². The van der Waals surface area contributed by atoms with Gasteiger partial charge in [0.2, 0.25) is 0 Å². The van der Waals surface area contributed by atoms with Crippen molar-refractivity contribution in [2.45, 2.75) is 25.0 Å². The normalized spacial score (nSPS) is 13.7. The van der Waals surface area contributed by atoms with Crippen LogP contribution in [0.2, 0.25) is 0 Å². The molecule has 9 heteroatoms. The number of rotatable bonds is 6. The van der Waals surface area contributed by atoms with E-state index in [2.05, 4.69) is 21.2 Å². The third-order valence-electron chi connectivity index (χ3n) is 3.62. The number of alkyl halides is 3. The first-order chi connectivity index (χ1) is 12.7. The van der Waals surface area contributed by atoms with Gasteiger partial charge in [0.05, 0.1) is 5.56 Å². The minimum absolute atomic E-state index is 0.0197. The summed E-state index contributed by atoms with van der Waals surface area (Å²) < 4.78 is 43.6. The highest BCUT2D eigenvalue weighted by atomic mass is 79.9. The summed E-state index contributed by atoms with van der Waals surface area (Å²) in [6.07, 6.45) is -8.57. The average molecular weight is 448 g/mol. The average Bonchev–Trinajstić information content (AvgIpc) is 2.63. The number of aliphatic hydroxyl groups is 2. The molecule has 5 nitrogen and oxygen atoms in total. The van der Waals surface area contributed by atoms with E-state index in [1.54, 1.807) is 24.3 Å². The smallest absolute Gasteiger partial charge is 0.416 e. The number of aliphatic hydroxyl groups excluding tert-OH is 2. The number of halogens is 4. The monoisotopic (exact) mass is 447 g/mol. The van der Waals surface area contributed by atoms with E-state index in [1.807, 2.05) is 6.07 Å². The molecule has 27 heavy (non-hydrogen) atoms. The molecular formula is C18H17BrF3NO4. The zero-order chi connectivity index (χ0) is 20.0. The molecule has 2 aromatic carbocycles. The van der Waals surface area contributed by atoms with Crippen LogP contribution < -0.4 is 5.32 Å². The van der Waals surface area contributed by atoms with E-state index in [0.717, 1.165) is 17.7 Å². The van der Waals surface area contributed by atoms with Crippen LogP contribution in [0, 0.1) is 0 Å². The second-order valence-corrected chi connectivity index (χ2v) is 6.64. The van der Waals surface area contributed by atoms with Gasteiger partial charge in [0.15, 0.2) is 0 Å². The number of benzene rings is 2. The molecule has 0 radical (unpaired) electrons. The summed E-state index contributed by atoms with van der Waals surface area (Å²) in [6.45, 7) is -0.380. The summed E-state index contributed by atoms with van der Waals surface area (Å²) in [5.41, 5.74) is -0.334. The van der Waals surface area contributed by atoms with E-state index >= 15 is 0 Å². The summed E-state index contributed by atoms with van der Waals surface area (Å²) in [4.78, 5) is 11.6. The predicted octanol–water partition coefficient (Wildman–Crippen LogP) is 3.79. The number of carbonyl (C=O) groups is 1. The number of hydrogen-bond acceptors (Lipinski definition) is 4. The SMILES string of the molecule is O=C(NCC(O)C(O)c1cc(Br)cc(C(F)(F)F)c1)OCc1ccccc1. The Bertz CT molecular complexity index is 771. The van der Waals surface area contributed by atoms with E-state index in [0.29, 0.717) is 0 Å². The van der Waals surface area contributed by atoms with E-state index in [1.165, 1.54) is 6.07 Å². The number of alkyl carbamates (subject to hydrolysis) is 1. The summed E-state index contributed by atoms with van der Waals surface area (Å²) in [6, 6.07) is 11.8. The maximum absolute atomic E-state index is 12.9. The first-order valence-electron chi connectivity index (χ1n) is 7.85. The Morgan fingerprint density at radius 2 is 1.81 bits per heavy atom. The van der Waals surface area contributed by atoms with Crippen molar-refractivity contribution in [1.82, 2.24) is 5.32 Å². The molecule has 146 valence electrons. The van der Waals surface area contributed by atoms with Crippen molar-refractivity contribution in [2.75, 3.05) is 6.54 Å². The van der Waals surface area contributed by atoms with Crippen LogP contribution in [0.4, 0.5) is 18.0 Å². The van der Waals surface area contributed by atoms with Gasteiger partial charge in [-0.2, -0.15) is 13.2 Å². The molecule has 0 bridgehead atoms. The minimum atomic E-state index is -4.59. The Hall–Kier alpha value is -2.10. The van der Waals surface area contributed by atoms with Gasteiger partial charge in [0.25, 0.3) is 0 Å². The molecule has 0 aliphatic rings. The third-order valence-corrected chi connectivity index (χ3v) is 4.08. The number of hydrogen-bond donors (Lipinski definition) is 3. The van der Waals surface area contributed by atoms with Crippen LogP contribution >= 0.6 is 15.9 Å². The van der Waals surface area contributed by atoms with Crippen LogP contribution in [0.3, 0.4) is 0 Å². The van der Waals surface area contributed by atoms with Gasteiger partial charge < -0.3 is 20.3 Å². The third kappa shape index (κ3) is 6.53. The Labute approximate surface area is 161 Å². The summed E-state index contributed by atoms with van der Waals surface area (Å²) >= 11 is 2.95. The Morgan fingerprint density at radius 3 is 2.44 bits per heavy atom. The number of amides is 1. The zero-order valence-electron chi connectivity index (χ0n) is 13.9. The molecule has 0 aliphatic heterocycles. The maximum Gasteiger partial charge on any atom is 0.416 e. The number of carbonyl (C=O) groups excluding carboxylic acids is 1. The fourth-order valence-electron chi connectivity index (χ4n) is 2.24. The molecule has 0 fully saturated rings. The molecule has 0 spiro atoms. The Kier molecular flexibility index (Phi) is 7.23. The fourth-order valence-corrected chi connectivity index (χ4v) is 2.75. The minimum Gasteiger partial charge on any atom is -0.445 e. The van der Waals surface area contributed by atoms with Gasteiger partial charge in [-0.05, 0) is 29.3 Å². The Morgan fingerprint density at radius 1 is 1.15 bits per heavy atom. The van der Waals surface area contributed by atoms with Crippen molar-refractivity contribution >= 4 is 22.0 Å². The molecule has 0 saturated carbocycles. The van der Waals surface area contributed by atoms with Gasteiger partial charge in [-0.3, -0.25) is 0 Å². The van der Waals surface area contributed by atoms with Gasteiger partial charge in [-0.25, -0.2) is 4.79 Å². The molecular weight excluding hydrogens is 431 g/mol. The molecule has 2 rings (SSSR count). The second kappa shape index (κ2) is 9.20. The number of ether oxygens (including phenoxy) is 1. The van der Waals surface area contributed by atoms with Crippen molar-refractivity contribution in [3.63, 3.8) is 0 Å². The van der Waals surface area contributed by atoms with Gasteiger partial charge >= 0.3 is 12.3 Å². The largest absolute Gasteiger partial charge is 0.445 e. The highest BCUT2D eigenvalue weighted by molar-refractivity contribution is 9.10. The molecule has 0 aliphatic carbocycles. The summed E-state index contributed by atoms with van der Waals surface area (Å²) in [7, 11) is 0. The van der Waals surface area contributed by atoms with E-state index in [4.69, 9.17) is 4.74 Å². The molecule has 2 aromatic rings. The standard InChI is InChI=1S/C18H17BrF3NO4/c19-14-7-12(6-13(8-14)18(20,21)22)16(25)15(24)9-23-17(26)27-10-11-4-2-1-3-5-11/h1-8,15-16,24-25H,9-10H2,(H,23,26). The first kappa shape index (κ1) is 21.2. The van der Waals surface area contributed by atoms with E-state index in [9.17, 15) is 28.2 Å². The van der Waals surface area contributed by atoms with Crippen molar-refractivity contribution in [1.29, 1.82) is 0 Å². The topological polar surface area (TPSA) is 78.8 Å². The van der Waals surface area contributed by atoms with Gasteiger partial charge in [0, 0.05) is 11.0 Å². The fraction of sp³-hybridized carbons (Fsp3) is 0.278. The Balaban J connectivity index is 1.90. The predicted molar refractivity (Wildman–Crippen MR) is 94.7 cm³/mol. The number of nitrogens with one attached hydrogen (secondary N) is 1. The first-order valence-corrected chi connectivity index (χ1v) is 8.64. The van der Waals surface area contributed by atoms with Gasteiger partial charge in [-0.1, -0.05) is 46.3 Å². The summed E-state index contributed by atoms with van der Waals surface area (Å²) in [5, 5.41) is 22.3. The molecule has 0 heterocycles. The zero-order valence-corrected chi connectivity index (χ0v) is 15.5. The van der Waals surface area contributed by atoms with Crippen molar-refractivity contribution in [2.24, 2.45) is 0 Å².